The summed E-state index contributed by atoms with van der Waals surface area (Å²) < 4.78 is -0.783. The third-order valence-corrected chi connectivity index (χ3v) is 5.83. The number of unbranched alkanes of at least 4 members (excludes halogenated alkanes) is 1. The van der Waals surface area contributed by atoms with E-state index in [2.05, 4.69) is 22.2 Å². The molecule has 2 amide bonds. The predicted octanol–water partition coefficient (Wildman–Crippen LogP) is 2.52. The van der Waals surface area contributed by atoms with Gasteiger partial charge in [-0.1, -0.05) is 25.1 Å². The Morgan fingerprint density at radius 2 is 2.19 bits per heavy atom. The highest BCUT2D eigenvalue weighted by Crippen LogP contribution is 2.46. The first-order valence-corrected chi connectivity index (χ1v) is 10.2. The van der Waals surface area contributed by atoms with Crippen molar-refractivity contribution < 1.29 is 9.59 Å². The Bertz CT molecular complexity index is 779. The van der Waals surface area contributed by atoms with Crippen LogP contribution in [0.3, 0.4) is 0 Å². The third kappa shape index (κ3) is 4.53. The second kappa shape index (κ2) is 9.09. The van der Waals surface area contributed by atoms with Gasteiger partial charge in [0.1, 0.15) is 27.2 Å². The number of carbonyl (C=O) groups excluding carboxylic acids is 2. The van der Waals surface area contributed by atoms with Crippen molar-refractivity contribution in [3.63, 3.8) is 0 Å². The average molecular weight is 390 g/mol. The van der Waals surface area contributed by atoms with E-state index in [-0.39, 0.29) is 11.5 Å². The minimum atomic E-state index is -0.783. The second-order valence-corrected chi connectivity index (χ2v) is 8.16. The van der Waals surface area contributed by atoms with E-state index < -0.39 is 10.7 Å². The lowest BCUT2D eigenvalue weighted by atomic mass is 10.0. The molecule has 1 aliphatic rings. The van der Waals surface area contributed by atoms with Gasteiger partial charge in [0.2, 0.25) is 5.91 Å². The lowest BCUT2D eigenvalue weighted by Crippen LogP contribution is -2.38. The number of aromatic amines is 1. The van der Waals surface area contributed by atoms with Gasteiger partial charge >= 0.3 is 0 Å². The summed E-state index contributed by atoms with van der Waals surface area (Å²) in [5.74, 6) is 0.391. The topological polar surface area (TPSA) is 102 Å². The molecule has 2 heterocycles. The van der Waals surface area contributed by atoms with Crippen molar-refractivity contribution in [1.82, 2.24) is 20.2 Å². The molecule has 146 valence electrons. The van der Waals surface area contributed by atoms with Crippen molar-refractivity contribution >= 4 is 23.6 Å². The monoisotopic (exact) mass is 389 g/mol. The van der Waals surface area contributed by atoms with Crippen molar-refractivity contribution in [3.05, 3.63) is 28.3 Å². The van der Waals surface area contributed by atoms with E-state index >= 15 is 0 Å². The van der Waals surface area contributed by atoms with Crippen molar-refractivity contribution in [2.24, 2.45) is 0 Å². The van der Waals surface area contributed by atoms with Crippen LogP contribution in [0, 0.1) is 11.3 Å². The van der Waals surface area contributed by atoms with Gasteiger partial charge in [0.05, 0.1) is 0 Å². The van der Waals surface area contributed by atoms with Crippen LogP contribution >= 0.6 is 11.8 Å². The van der Waals surface area contributed by atoms with Crippen LogP contribution < -0.4 is 5.32 Å². The molecular formula is C19H27N5O2S. The standard InChI is InChI=1S/C19H27N5O2S/c1-5-8-9-15-22-12-13(23-15)10-19(4)18(26)24(7-3)17(27-19)14(11-20)16(25)21-6-2/h12H,5-10H2,1-4H3,(H,21,25)(H,22,23)/b17-14-. The number of thioether (sulfide) groups is 1. The Labute approximate surface area is 164 Å². The number of aromatic nitrogens is 2. The lowest BCUT2D eigenvalue weighted by Gasteiger charge is -2.20. The number of nitriles is 1. The average Bonchev–Trinajstić information content (AvgIpc) is 3.17. The van der Waals surface area contributed by atoms with Gasteiger partial charge in [0.15, 0.2) is 0 Å². The van der Waals surface area contributed by atoms with Crippen LogP contribution in [0.5, 0.6) is 0 Å². The van der Waals surface area contributed by atoms with Gasteiger partial charge in [-0.25, -0.2) is 4.98 Å². The Morgan fingerprint density at radius 3 is 2.78 bits per heavy atom. The molecule has 1 aromatic heterocycles. The fraction of sp³-hybridized carbons (Fsp3) is 0.579. The summed E-state index contributed by atoms with van der Waals surface area (Å²) in [7, 11) is 0. The van der Waals surface area contributed by atoms with Gasteiger partial charge in [-0.3, -0.25) is 9.59 Å². The number of nitrogens with one attached hydrogen (secondary N) is 2. The molecule has 0 spiro atoms. The van der Waals surface area contributed by atoms with Gasteiger partial charge in [-0.2, -0.15) is 5.26 Å². The second-order valence-electron chi connectivity index (χ2n) is 6.67. The highest BCUT2D eigenvalue weighted by Gasteiger charge is 2.48. The van der Waals surface area contributed by atoms with Gasteiger partial charge in [0.25, 0.3) is 5.91 Å². The number of aryl methyl sites for hydroxylation is 1. The number of hydrogen-bond donors (Lipinski definition) is 2. The molecule has 27 heavy (non-hydrogen) atoms. The summed E-state index contributed by atoms with van der Waals surface area (Å²) in [5, 5.41) is 12.6. The zero-order chi connectivity index (χ0) is 20.0. The molecule has 0 bridgehead atoms. The Morgan fingerprint density at radius 1 is 1.44 bits per heavy atom. The van der Waals surface area contributed by atoms with Crippen LogP contribution in [0.15, 0.2) is 16.8 Å². The normalized spacial score (nSPS) is 21.3. The maximum absolute atomic E-state index is 13.0. The fourth-order valence-corrected chi connectivity index (χ4v) is 4.46. The van der Waals surface area contributed by atoms with Crippen LogP contribution in [-0.4, -0.2) is 44.5 Å². The van der Waals surface area contributed by atoms with E-state index in [1.165, 1.54) is 16.7 Å². The molecule has 1 aliphatic heterocycles. The highest BCUT2D eigenvalue weighted by atomic mass is 32.2. The van der Waals surface area contributed by atoms with Gasteiger partial charge in [-0.15, -0.1) is 0 Å². The minimum absolute atomic E-state index is 0.00554. The molecule has 0 aliphatic carbocycles. The fourth-order valence-electron chi connectivity index (χ4n) is 3.05. The maximum Gasteiger partial charge on any atom is 0.264 e. The summed E-state index contributed by atoms with van der Waals surface area (Å²) in [4.78, 5) is 34.5. The predicted molar refractivity (Wildman–Crippen MR) is 106 cm³/mol. The summed E-state index contributed by atoms with van der Waals surface area (Å²) in [6.07, 6.45) is 5.28. The molecular weight excluding hydrogens is 362 g/mol. The number of hydrogen-bond acceptors (Lipinski definition) is 5. The van der Waals surface area contributed by atoms with Crippen LogP contribution in [0.25, 0.3) is 0 Å². The zero-order valence-electron chi connectivity index (χ0n) is 16.4. The van der Waals surface area contributed by atoms with Crippen molar-refractivity contribution in [1.29, 1.82) is 5.26 Å². The molecule has 1 aromatic rings. The number of nitrogens with zero attached hydrogens (tertiary/aromatic N) is 3. The van der Waals surface area contributed by atoms with Gasteiger partial charge < -0.3 is 15.2 Å². The van der Waals surface area contributed by atoms with E-state index in [1.54, 1.807) is 13.1 Å². The highest BCUT2D eigenvalue weighted by molar-refractivity contribution is 8.05. The van der Waals surface area contributed by atoms with E-state index in [4.69, 9.17) is 0 Å². The number of carbonyl (C=O) groups is 2. The molecule has 0 saturated carbocycles. The number of H-pyrrole nitrogens is 1. The molecule has 0 radical (unpaired) electrons. The van der Waals surface area contributed by atoms with Crippen LogP contribution in [0.2, 0.25) is 0 Å². The Hall–Kier alpha value is -2.27. The van der Waals surface area contributed by atoms with E-state index in [0.717, 1.165) is 30.8 Å². The first kappa shape index (κ1) is 21.0. The Kier molecular flexibility index (Phi) is 7.08. The van der Waals surface area contributed by atoms with E-state index in [9.17, 15) is 14.9 Å². The quantitative estimate of drug-likeness (QED) is 0.525. The van der Waals surface area contributed by atoms with Crippen LogP contribution in [-0.2, 0) is 22.4 Å². The smallest absolute Gasteiger partial charge is 0.264 e. The molecule has 8 heteroatoms. The minimum Gasteiger partial charge on any atom is -0.352 e. The van der Waals surface area contributed by atoms with Crippen molar-refractivity contribution in [2.45, 2.75) is 58.1 Å². The first-order valence-electron chi connectivity index (χ1n) is 9.36. The Balaban J connectivity index is 2.29. The van der Waals surface area contributed by atoms with Gasteiger partial charge in [0, 0.05) is 37.8 Å². The molecule has 1 fully saturated rings. The molecule has 1 saturated heterocycles. The first-order chi connectivity index (χ1) is 12.9. The zero-order valence-corrected chi connectivity index (χ0v) is 17.2. The van der Waals surface area contributed by atoms with Gasteiger partial charge in [-0.05, 0) is 27.2 Å². The van der Waals surface area contributed by atoms with E-state index in [1.807, 2.05) is 19.9 Å². The van der Waals surface area contributed by atoms with Crippen LogP contribution in [0.1, 0.15) is 52.1 Å². The van der Waals surface area contributed by atoms with Crippen LogP contribution in [0.4, 0.5) is 0 Å². The lowest BCUT2D eigenvalue weighted by molar-refractivity contribution is -0.129. The summed E-state index contributed by atoms with van der Waals surface area (Å²) in [6.45, 7) is 8.46. The maximum atomic E-state index is 13.0. The molecule has 7 nitrogen and oxygen atoms in total. The number of amides is 2. The largest absolute Gasteiger partial charge is 0.352 e. The summed E-state index contributed by atoms with van der Waals surface area (Å²) in [5.41, 5.74) is 0.882. The van der Waals surface area contributed by atoms with Crippen molar-refractivity contribution in [2.75, 3.05) is 13.1 Å². The summed E-state index contributed by atoms with van der Waals surface area (Å²) >= 11 is 1.29. The molecule has 2 N–H and O–H groups in total. The molecule has 1 atom stereocenters. The molecule has 2 rings (SSSR count). The number of imidazole rings is 1. The summed E-state index contributed by atoms with van der Waals surface area (Å²) in [6, 6.07) is 1.98. The van der Waals surface area contributed by atoms with E-state index in [0.29, 0.717) is 24.5 Å². The number of rotatable bonds is 8. The molecule has 1 unspecified atom stereocenters. The third-order valence-electron chi connectivity index (χ3n) is 4.45. The number of likely N-dealkylation sites (N-methyl/N-ethyl adjacent to an activating group) is 1. The SMILES string of the molecule is CCCCc1ncc(CC2(C)S/C(=C(/C#N)C(=O)NCC)N(CC)C2=O)[nH]1. The molecule has 0 aromatic carbocycles. The van der Waals surface area contributed by atoms with Crippen molar-refractivity contribution in [3.8, 4) is 6.07 Å².